The normalized spacial score (nSPS) is 15.6. The molecule has 0 aliphatic heterocycles. The fraction of sp³-hybridized carbons (Fsp3) is 1.00. The molecule has 0 rings (SSSR count). The van der Waals surface area contributed by atoms with E-state index in [9.17, 15) is 5.11 Å². The number of methoxy groups -OCH3 is 1. The zero-order chi connectivity index (χ0) is 11.7. The fourth-order valence-corrected chi connectivity index (χ4v) is 1.42. The molecule has 0 fully saturated rings. The molecule has 0 aromatic heterocycles. The highest BCUT2D eigenvalue weighted by Crippen LogP contribution is 2.00. The molecular weight excluding hydrogens is 196 g/mol. The highest BCUT2D eigenvalue weighted by Gasteiger charge is 2.21. The van der Waals surface area contributed by atoms with Crippen molar-refractivity contribution in [2.75, 3.05) is 47.1 Å². The Hall–Kier alpha value is -0.200. The van der Waals surface area contributed by atoms with Crippen molar-refractivity contribution >= 4 is 0 Å². The Morgan fingerprint density at radius 3 is 2.60 bits per heavy atom. The van der Waals surface area contributed by atoms with Crippen LogP contribution in [0.25, 0.3) is 0 Å². The Balaban J connectivity index is 3.91. The average molecular weight is 220 g/mol. The lowest BCUT2D eigenvalue weighted by Crippen LogP contribution is -2.51. The van der Waals surface area contributed by atoms with Gasteiger partial charge in [-0.15, -0.1) is 0 Å². The third-order valence-corrected chi connectivity index (χ3v) is 2.40. The number of rotatable bonds is 9. The van der Waals surface area contributed by atoms with E-state index in [-0.39, 0.29) is 18.7 Å². The largest absolute Gasteiger partial charge is 0.395 e. The summed E-state index contributed by atoms with van der Waals surface area (Å²) in [5, 5.41) is 9.23. The lowest BCUT2D eigenvalue weighted by atomic mass is 10.1. The van der Waals surface area contributed by atoms with E-state index in [0.717, 1.165) is 6.54 Å². The molecule has 0 bridgehead atoms. The topological polar surface area (TPSA) is 68.0 Å². The lowest BCUT2D eigenvalue weighted by Gasteiger charge is -2.30. The third-order valence-electron chi connectivity index (χ3n) is 2.40. The maximum absolute atomic E-state index is 9.23. The molecule has 0 spiro atoms. The lowest BCUT2D eigenvalue weighted by molar-refractivity contribution is 0.0590. The van der Waals surface area contributed by atoms with Gasteiger partial charge in [0, 0.05) is 32.3 Å². The summed E-state index contributed by atoms with van der Waals surface area (Å²) < 4.78 is 10.2. The van der Waals surface area contributed by atoms with Crippen molar-refractivity contribution < 1.29 is 14.6 Å². The van der Waals surface area contributed by atoms with Gasteiger partial charge in [0.2, 0.25) is 0 Å². The van der Waals surface area contributed by atoms with Crippen molar-refractivity contribution in [1.82, 2.24) is 4.90 Å². The van der Waals surface area contributed by atoms with Gasteiger partial charge < -0.3 is 20.3 Å². The van der Waals surface area contributed by atoms with E-state index in [1.54, 1.807) is 7.11 Å². The van der Waals surface area contributed by atoms with Gasteiger partial charge in [-0.3, -0.25) is 4.90 Å². The number of likely N-dealkylation sites (N-methyl/N-ethyl adjacent to an activating group) is 1. The van der Waals surface area contributed by atoms with E-state index in [2.05, 4.69) is 0 Å². The minimum absolute atomic E-state index is 0.0349. The van der Waals surface area contributed by atoms with Crippen molar-refractivity contribution in [3.05, 3.63) is 0 Å². The molecule has 5 heteroatoms. The van der Waals surface area contributed by atoms with Gasteiger partial charge in [0.05, 0.1) is 19.8 Å². The van der Waals surface area contributed by atoms with Crippen molar-refractivity contribution in [3.63, 3.8) is 0 Å². The molecule has 92 valence electrons. The monoisotopic (exact) mass is 220 g/mol. The zero-order valence-corrected chi connectivity index (χ0v) is 9.98. The molecular formula is C10H24N2O3. The van der Waals surface area contributed by atoms with Crippen molar-refractivity contribution in [2.45, 2.75) is 19.0 Å². The van der Waals surface area contributed by atoms with Crippen LogP contribution in [0.2, 0.25) is 0 Å². The Kier molecular flexibility index (Phi) is 8.94. The third kappa shape index (κ3) is 6.06. The summed E-state index contributed by atoms with van der Waals surface area (Å²) in [6.07, 6.45) is 0. The predicted octanol–water partition coefficient (Wildman–Crippen LogP) is -0.711. The molecule has 2 unspecified atom stereocenters. The molecule has 3 N–H and O–H groups in total. The number of hydrogen-bond acceptors (Lipinski definition) is 5. The van der Waals surface area contributed by atoms with Crippen LogP contribution in [0.15, 0.2) is 0 Å². The number of hydrogen-bond donors (Lipinski definition) is 2. The number of ether oxygens (including phenoxy) is 2. The molecule has 0 saturated heterocycles. The molecule has 0 amide bonds. The smallest absolute Gasteiger partial charge is 0.0629 e. The summed E-state index contributed by atoms with van der Waals surface area (Å²) in [6.45, 7) is 4.57. The summed E-state index contributed by atoms with van der Waals surface area (Å²) in [5.74, 6) is 0. The van der Waals surface area contributed by atoms with Crippen LogP contribution in [0.1, 0.15) is 6.92 Å². The summed E-state index contributed by atoms with van der Waals surface area (Å²) in [7, 11) is 3.53. The van der Waals surface area contributed by atoms with E-state index in [1.165, 1.54) is 0 Å². The highest BCUT2D eigenvalue weighted by atomic mass is 16.5. The van der Waals surface area contributed by atoms with E-state index in [4.69, 9.17) is 15.2 Å². The van der Waals surface area contributed by atoms with Crippen LogP contribution in [-0.4, -0.2) is 69.2 Å². The summed E-state index contributed by atoms with van der Waals surface area (Å²) in [4.78, 5) is 2.00. The molecule has 0 saturated carbocycles. The first-order valence-electron chi connectivity index (χ1n) is 5.30. The van der Waals surface area contributed by atoms with Gasteiger partial charge in [-0.25, -0.2) is 0 Å². The predicted molar refractivity (Wildman–Crippen MR) is 59.8 cm³/mol. The van der Waals surface area contributed by atoms with Crippen LogP contribution in [0, 0.1) is 0 Å². The molecule has 0 aromatic carbocycles. The van der Waals surface area contributed by atoms with E-state index >= 15 is 0 Å². The van der Waals surface area contributed by atoms with Crippen LogP contribution in [0.5, 0.6) is 0 Å². The molecule has 0 aliphatic carbocycles. The summed E-state index contributed by atoms with van der Waals surface area (Å²) in [5.41, 5.74) is 5.88. The second-order valence-corrected chi connectivity index (χ2v) is 3.55. The van der Waals surface area contributed by atoms with E-state index in [0.29, 0.717) is 19.8 Å². The number of nitrogens with two attached hydrogens (primary N) is 1. The van der Waals surface area contributed by atoms with Crippen LogP contribution < -0.4 is 5.73 Å². The van der Waals surface area contributed by atoms with Gasteiger partial charge in [0.1, 0.15) is 0 Å². The van der Waals surface area contributed by atoms with Gasteiger partial charge in [0.25, 0.3) is 0 Å². The quantitative estimate of drug-likeness (QED) is 0.502. The second-order valence-electron chi connectivity index (χ2n) is 3.55. The van der Waals surface area contributed by atoms with Crippen molar-refractivity contribution in [3.8, 4) is 0 Å². The first-order valence-corrected chi connectivity index (χ1v) is 5.30. The van der Waals surface area contributed by atoms with E-state index < -0.39 is 0 Å². The Morgan fingerprint density at radius 2 is 2.13 bits per heavy atom. The Labute approximate surface area is 92.1 Å². The zero-order valence-electron chi connectivity index (χ0n) is 9.98. The Morgan fingerprint density at radius 1 is 1.47 bits per heavy atom. The SMILES string of the molecule is CCOCCN(C)C(CO)C(N)COC. The molecule has 0 heterocycles. The Bertz CT molecular complexity index is 147. The molecule has 15 heavy (non-hydrogen) atoms. The van der Waals surface area contributed by atoms with Crippen molar-refractivity contribution in [1.29, 1.82) is 0 Å². The first kappa shape index (κ1) is 14.8. The average Bonchev–Trinajstić information content (AvgIpc) is 2.19. The second kappa shape index (κ2) is 9.06. The van der Waals surface area contributed by atoms with Gasteiger partial charge >= 0.3 is 0 Å². The molecule has 5 nitrogen and oxygen atoms in total. The highest BCUT2D eigenvalue weighted by molar-refractivity contribution is 4.79. The molecule has 0 aliphatic rings. The maximum Gasteiger partial charge on any atom is 0.0629 e. The molecule has 2 atom stereocenters. The summed E-state index contributed by atoms with van der Waals surface area (Å²) in [6, 6.07) is -0.253. The molecule has 0 radical (unpaired) electrons. The minimum Gasteiger partial charge on any atom is -0.395 e. The van der Waals surface area contributed by atoms with Gasteiger partial charge in [-0.2, -0.15) is 0 Å². The van der Waals surface area contributed by atoms with Gasteiger partial charge in [0.15, 0.2) is 0 Å². The van der Waals surface area contributed by atoms with Crippen LogP contribution >= 0.6 is 0 Å². The molecule has 0 aromatic rings. The standard InChI is InChI=1S/C10H24N2O3/c1-4-15-6-5-12(2)10(7-13)9(11)8-14-3/h9-10,13H,4-8,11H2,1-3H3. The van der Waals surface area contributed by atoms with Gasteiger partial charge in [-0.05, 0) is 14.0 Å². The number of nitrogens with zero attached hydrogens (tertiary/aromatic N) is 1. The van der Waals surface area contributed by atoms with Crippen LogP contribution in [-0.2, 0) is 9.47 Å². The van der Waals surface area contributed by atoms with Gasteiger partial charge in [-0.1, -0.05) is 0 Å². The number of aliphatic hydroxyl groups is 1. The van der Waals surface area contributed by atoms with E-state index in [1.807, 2.05) is 18.9 Å². The fourth-order valence-electron chi connectivity index (χ4n) is 1.42. The maximum atomic E-state index is 9.23. The van der Waals surface area contributed by atoms with Crippen molar-refractivity contribution in [2.24, 2.45) is 5.73 Å². The first-order chi connectivity index (χ1) is 7.17. The number of aliphatic hydroxyl groups excluding tert-OH is 1. The summed E-state index contributed by atoms with van der Waals surface area (Å²) >= 11 is 0. The minimum atomic E-state index is -0.174. The van der Waals surface area contributed by atoms with Crippen LogP contribution in [0.4, 0.5) is 0 Å². The van der Waals surface area contributed by atoms with Crippen LogP contribution in [0.3, 0.4) is 0 Å².